The van der Waals surface area contributed by atoms with Crippen molar-refractivity contribution < 1.29 is 4.74 Å². The minimum Gasteiger partial charge on any atom is -0.379 e. The van der Waals surface area contributed by atoms with E-state index in [1.165, 1.54) is 38.8 Å². The second-order valence-corrected chi connectivity index (χ2v) is 5.38. The third-order valence-corrected chi connectivity index (χ3v) is 3.88. The van der Waals surface area contributed by atoms with Crippen LogP contribution in [0.1, 0.15) is 32.6 Å². The van der Waals surface area contributed by atoms with Gasteiger partial charge in [-0.05, 0) is 44.7 Å². The topological polar surface area (TPSA) is 24.5 Å². The van der Waals surface area contributed by atoms with E-state index in [9.17, 15) is 0 Å². The molecule has 0 spiro atoms. The Morgan fingerprint density at radius 3 is 2.75 bits per heavy atom. The molecule has 2 atom stereocenters. The zero-order valence-electron chi connectivity index (χ0n) is 10.6. The molecule has 1 heterocycles. The van der Waals surface area contributed by atoms with Crippen molar-refractivity contribution >= 4 is 0 Å². The average molecular weight is 226 g/mol. The molecule has 2 fully saturated rings. The van der Waals surface area contributed by atoms with Gasteiger partial charge >= 0.3 is 0 Å². The summed E-state index contributed by atoms with van der Waals surface area (Å²) in [5.41, 5.74) is 0. The highest BCUT2D eigenvalue weighted by atomic mass is 16.5. The van der Waals surface area contributed by atoms with Gasteiger partial charge < -0.3 is 10.1 Å². The van der Waals surface area contributed by atoms with Crippen LogP contribution >= 0.6 is 0 Å². The van der Waals surface area contributed by atoms with Crippen LogP contribution < -0.4 is 5.32 Å². The molecule has 2 aliphatic rings. The molecule has 3 nitrogen and oxygen atoms in total. The highest BCUT2D eigenvalue weighted by Crippen LogP contribution is 2.24. The molecule has 94 valence electrons. The van der Waals surface area contributed by atoms with Crippen LogP contribution in [0.2, 0.25) is 0 Å². The Labute approximate surface area is 99.5 Å². The van der Waals surface area contributed by atoms with E-state index in [0.29, 0.717) is 0 Å². The standard InChI is InChI=1S/C13H26N2O/c1-12-3-4-13(11-12)14-5-2-6-15-7-9-16-10-8-15/h12-14H,2-11H2,1H3/t12-,13+/m0/s1. The van der Waals surface area contributed by atoms with E-state index in [1.807, 2.05) is 0 Å². The summed E-state index contributed by atoms with van der Waals surface area (Å²) in [6.45, 7) is 8.89. The number of morpholine rings is 1. The third kappa shape index (κ3) is 4.04. The van der Waals surface area contributed by atoms with E-state index < -0.39 is 0 Å². The van der Waals surface area contributed by atoms with Gasteiger partial charge in [-0.2, -0.15) is 0 Å². The molecule has 1 saturated carbocycles. The van der Waals surface area contributed by atoms with Crippen molar-refractivity contribution in [1.29, 1.82) is 0 Å². The van der Waals surface area contributed by atoms with Gasteiger partial charge in [0.1, 0.15) is 0 Å². The molecule has 2 rings (SSSR count). The highest BCUT2D eigenvalue weighted by Gasteiger charge is 2.20. The quantitative estimate of drug-likeness (QED) is 0.719. The van der Waals surface area contributed by atoms with Gasteiger partial charge in [-0.1, -0.05) is 6.92 Å². The number of ether oxygens (including phenoxy) is 1. The second-order valence-electron chi connectivity index (χ2n) is 5.38. The Bertz CT molecular complexity index is 186. The number of rotatable bonds is 5. The van der Waals surface area contributed by atoms with Crippen LogP contribution in [0, 0.1) is 5.92 Å². The van der Waals surface area contributed by atoms with Crippen LogP contribution in [0.5, 0.6) is 0 Å². The maximum atomic E-state index is 5.34. The predicted octanol–water partition coefficient (Wildman–Crippen LogP) is 1.49. The fourth-order valence-electron chi connectivity index (χ4n) is 2.83. The van der Waals surface area contributed by atoms with Crippen molar-refractivity contribution in [2.24, 2.45) is 5.92 Å². The average Bonchev–Trinajstić information content (AvgIpc) is 2.72. The summed E-state index contributed by atoms with van der Waals surface area (Å²) in [7, 11) is 0. The zero-order chi connectivity index (χ0) is 11.2. The van der Waals surface area contributed by atoms with Crippen molar-refractivity contribution in [3.63, 3.8) is 0 Å². The monoisotopic (exact) mass is 226 g/mol. The first kappa shape index (κ1) is 12.3. The fourth-order valence-corrected chi connectivity index (χ4v) is 2.83. The molecule has 0 unspecified atom stereocenters. The smallest absolute Gasteiger partial charge is 0.0594 e. The molecule has 1 aliphatic heterocycles. The van der Waals surface area contributed by atoms with Gasteiger partial charge in [-0.3, -0.25) is 4.90 Å². The predicted molar refractivity (Wildman–Crippen MR) is 66.7 cm³/mol. The van der Waals surface area contributed by atoms with Gasteiger partial charge in [0.05, 0.1) is 13.2 Å². The summed E-state index contributed by atoms with van der Waals surface area (Å²) in [5.74, 6) is 0.941. The van der Waals surface area contributed by atoms with Crippen LogP contribution in [0.15, 0.2) is 0 Å². The van der Waals surface area contributed by atoms with Crippen molar-refractivity contribution in [2.45, 2.75) is 38.6 Å². The molecular weight excluding hydrogens is 200 g/mol. The van der Waals surface area contributed by atoms with Crippen molar-refractivity contribution in [3.8, 4) is 0 Å². The first-order valence-electron chi connectivity index (χ1n) is 6.88. The normalized spacial score (nSPS) is 32.1. The first-order chi connectivity index (χ1) is 7.84. The maximum Gasteiger partial charge on any atom is 0.0594 e. The van der Waals surface area contributed by atoms with Crippen molar-refractivity contribution in [3.05, 3.63) is 0 Å². The lowest BCUT2D eigenvalue weighted by Gasteiger charge is -2.26. The minimum absolute atomic E-state index is 0.805. The van der Waals surface area contributed by atoms with Gasteiger partial charge in [0.25, 0.3) is 0 Å². The van der Waals surface area contributed by atoms with Crippen LogP contribution in [-0.4, -0.2) is 50.3 Å². The van der Waals surface area contributed by atoms with E-state index in [0.717, 1.165) is 38.3 Å². The Morgan fingerprint density at radius 2 is 2.06 bits per heavy atom. The molecule has 0 aromatic rings. The summed E-state index contributed by atoms with van der Waals surface area (Å²) < 4.78 is 5.34. The van der Waals surface area contributed by atoms with Crippen LogP contribution in [0.3, 0.4) is 0 Å². The molecule has 1 saturated heterocycles. The Kier molecular flexibility index (Phi) is 5.07. The van der Waals surface area contributed by atoms with E-state index >= 15 is 0 Å². The minimum atomic E-state index is 0.805. The first-order valence-corrected chi connectivity index (χ1v) is 6.88. The number of nitrogens with one attached hydrogen (secondary N) is 1. The summed E-state index contributed by atoms with van der Waals surface area (Å²) >= 11 is 0. The van der Waals surface area contributed by atoms with Gasteiger partial charge in [-0.15, -0.1) is 0 Å². The van der Waals surface area contributed by atoms with Gasteiger partial charge in [0, 0.05) is 19.1 Å². The van der Waals surface area contributed by atoms with Gasteiger partial charge in [-0.25, -0.2) is 0 Å². The summed E-state index contributed by atoms with van der Waals surface area (Å²) in [4.78, 5) is 2.52. The van der Waals surface area contributed by atoms with E-state index in [-0.39, 0.29) is 0 Å². The number of hydrogen-bond acceptors (Lipinski definition) is 3. The second kappa shape index (κ2) is 6.58. The summed E-state index contributed by atoms with van der Waals surface area (Å²) in [6, 6.07) is 0.805. The van der Waals surface area contributed by atoms with E-state index in [2.05, 4.69) is 17.1 Å². The molecular formula is C13H26N2O. The lowest BCUT2D eigenvalue weighted by Crippen LogP contribution is -2.38. The largest absolute Gasteiger partial charge is 0.379 e. The third-order valence-electron chi connectivity index (χ3n) is 3.88. The van der Waals surface area contributed by atoms with Crippen LogP contribution in [-0.2, 0) is 4.74 Å². The van der Waals surface area contributed by atoms with E-state index in [1.54, 1.807) is 0 Å². The molecule has 16 heavy (non-hydrogen) atoms. The Hall–Kier alpha value is -0.120. The number of nitrogens with zero attached hydrogens (tertiary/aromatic N) is 1. The lowest BCUT2D eigenvalue weighted by atomic mass is 10.1. The Balaban J connectivity index is 1.48. The molecule has 0 aromatic heterocycles. The molecule has 0 bridgehead atoms. The van der Waals surface area contributed by atoms with Gasteiger partial charge in [0.2, 0.25) is 0 Å². The molecule has 0 radical (unpaired) electrons. The molecule has 1 aliphatic carbocycles. The molecule has 3 heteroatoms. The maximum absolute atomic E-state index is 5.34. The molecule has 0 amide bonds. The van der Waals surface area contributed by atoms with Crippen LogP contribution in [0.25, 0.3) is 0 Å². The van der Waals surface area contributed by atoms with Gasteiger partial charge in [0.15, 0.2) is 0 Å². The Morgan fingerprint density at radius 1 is 1.25 bits per heavy atom. The van der Waals surface area contributed by atoms with Crippen molar-refractivity contribution in [1.82, 2.24) is 10.2 Å². The lowest BCUT2D eigenvalue weighted by molar-refractivity contribution is 0.0374. The summed E-state index contributed by atoms with van der Waals surface area (Å²) in [5, 5.41) is 3.69. The highest BCUT2D eigenvalue weighted by molar-refractivity contribution is 4.78. The zero-order valence-corrected chi connectivity index (χ0v) is 10.6. The van der Waals surface area contributed by atoms with Crippen molar-refractivity contribution in [2.75, 3.05) is 39.4 Å². The fraction of sp³-hybridized carbons (Fsp3) is 1.00. The van der Waals surface area contributed by atoms with Crippen LogP contribution in [0.4, 0.5) is 0 Å². The SMILES string of the molecule is C[C@H]1CC[C@@H](NCCCN2CCOCC2)C1. The molecule has 0 aromatic carbocycles. The number of hydrogen-bond donors (Lipinski definition) is 1. The van der Waals surface area contributed by atoms with E-state index in [4.69, 9.17) is 4.74 Å². The summed E-state index contributed by atoms with van der Waals surface area (Å²) in [6.07, 6.45) is 5.47. The molecule has 1 N–H and O–H groups in total.